The Morgan fingerprint density at radius 1 is 1.47 bits per heavy atom. The maximum atomic E-state index is 11.4. The second-order valence-electron chi connectivity index (χ2n) is 2.68. The number of H-pyrrole nitrogens is 1. The van der Waals surface area contributed by atoms with Gasteiger partial charge in [0.15, 0.2) is 5.82 Å². The van der Waals surface area contributed by atoms with E-state index in [0.29, 0.717) is 11.0 Å². The quantitative estimate of drug-likeness (QED) is 0.731. The summed E-state index contributed by atoms with van der Waals surface area (Å²) in [6.45, 7) is 1.81. The minimum Gasteiger partial charge on any atom is -0.300 e. The Bertz CT molecular complexity index is 450. The summed E-state index contributed by atoms with van der Waals surface area (Å²) < 4.78 is 0. The molecule has 9 heteroatoms. The highest BCUT2D eigenvalue weighted by Gasteiger charge is 2.09. The number of rotatable bonds is 3. The van der Waals surface area contributed by atoms with E-state index in [4.69, 9.17) is 0 Å². The lowest BCUT2D eigenvalue weighted by Gasteiger charge is -1.95. The summed E-state index contributed by atoms with van der Waals surface area (Å²) in [6, 6.07) is 0. The van der Waals surface area contributed by atoms with Gasteiger partial charge in [0.1, 0.15) is 5.01 Å². The first kappa shape index (κ1) is 9.65. The predicted octanol–water partition coefficient (Wildman–Crippen LogP) is -0.459. The van der Waals surface area contributed by atoms with Gasteiger partial charge in [-0.05, 0) is 6.92 Å². The SMILES string of the molecule is Cc1nnc(NC(=O)Cc2nn[nH]n2)s1. The number of aromatic nitrogens is 6. The first-order chi connectivity index (χ1) is 7.24. The van der Waals surface area contributed by atoms with E-state index in [1.54, 1.807) is 0 Å². The van der Waals surface area contributed by atoms with Crippen molar-refractivity contribution in [3.63, 3.8) is 0 Å². The average molecular weight is 225 g/mol. The van der Waals surface area contributed by atoms with E-state index < -0.39 is 0 Å². The van der Waals surface area contributed by atoms with E-state index >= 15 is 0 Å². The molecule has 0 bridgehead atoms. The third-order valence-corrected chi connectivity index (χ3v) is 2.23. The van der Waals surface area contributed by atoms with Gasteiger partial charge in [-0.2, -0.15) is 5.21 Å². The van der Waals surface area contributed by atoms with Crippen LogP contribution in [0.3, 0.4) is 0 Å². The number of hydrogen-bond donors (Lipinski definition) is 2. The highest BCUT2D eigenvalue weighted by Crippen LogP contribution is 2.13. The van der Waals surface area contributed by atoms with Gasteiger partial charge in [-0.3, -0.25) is 4.79 Å². The highest BCUT2D eigenvalue weighted by molar-refractivity contribution is 7.15. The molecule has 8 nitrogen and oxygen atoms in total. The normalized spacial score (nSPS) is 10.2. The molecule has 2 heterocycles. The maximum Gasteiger partial charge on any atom is 0.234 e. The zero-order valence-corrected chi connectivity index (χ0v) is 8.58. The number of aromatic amines is 1. The maximum absolute atomic E-state index is 11.4. The van der Waals surface area contributed by atoms with Crippen LogP contribution in [-0.4, -0.2) is 36.7 Å². The van der Waals surface area contributed by atoms with Gasteiger partial charge in [-0.1, -0.05) is 16.6 Å². The molecule has 2 aromatic heterocycles. The summed E-state index contributed by atoms with van der Waals surface area (Å²) in [5.74, 6) is 0.0984. The third-order valence-electron chi connectivity index (χ3n) is 1.48. The first-order valence-corrected chi connectivity index (χ1v) is 4.88. The van der Waals surface area contributed by atoms with E-state index in [0.717, 1.165) is 5.01 Å². The lowest BCUT2D eigenvalue weighted by molar-refractivity contribution is -0.115. The standard InChI is InChI=1S/C6H7N7OS/c1-3-8-11-6(15-3)7-5(14)2-4-9-12-13-10-4/h2H2,1H3,(H,7,11,14)(H,9,10,12,13). The van der Waals surface area contributed by atoms with Gasteiger partial charge < -0.3 is 5.32 Å². The summed E-state index contributed by atoms with van der Waals surface area (Å²) >= 11 is 1.31. The van der Waals surface area contributed by atoms with Crippen molar-refractivity contribution in [2.75, 3.05) is 5.32 Å². The Labute approximate surface area is 88.1 Å². The molecule has 0 aliphatic heterocycles. The van der Waals surface area contributed by atoms with E-state index in [1.165, 1.54) is 11.3 Å². The van der Waals surface area contributed by atoms with Crippen LogP contribution >= 0.6 is 11.3 Å². The molecule has 0 saturated heterocycles. The van der Waals surface area contributed by atoms with Crippen molar-refractivity contribution < 1.29 is 4.79 Å². The number of tetrazole rings is 1. The number of hydrogen-bond acceptors (Lipinski definition) is 7. The fourth-order valence-corrected chi connectivity index (χ4v) is 1.52. The first-order valence-electron chi connectivity index (χ1n) is 4.06. The van der Waals surface area contributed by atoms with Crippen LogP contribution in [0.15, 0.2) is 0 Å². The van der Waals surface area contributed by atoms with Crippen LogP contribution in [0.5, 0.6) is 0 Å². The molecule has 2 aromatic rings. The van der Waals surface area contributed by atoms with Crippen LogP contribution in [-0.2, 0) is 11.2 Å². The van der Waals surface area contributed by atoms with E-state index in [2.05, 4.69) is 36.1 Å². The molecular formula is C6H7N7OS. The fraction of sp³-hybridized carbons (Fsp3) is 0.333. The molecule has 2 N–H and O–H groups in total. The van der Waals surface area contributed by atoms with Crippen molar-refractivity contribution >= 4 is 22.4 Å². The third kappa shape index (κ3) is 2.53. The fourth-order valence-electron chi connectivity index (χ4n) is 0.912. The molecule has 0 spiro atoms. The second kappa shape index (κ2) is 4.09. The Kier molecular flexibility index (Phi) is 2.63. The second-order valence-corrected chi connectivity index (χ2v) is 3.86. The van der Waals surface area contributed by atoms with Crippen LogP contribution in [0, 0.1) is 6.92 Å². The monoisotopic (exact) mass is 225 g/mol. The number of anilines is 1. The minimum absolute atomic E-state index is 0.0646. The van der Waals surface area contributed by atoms with Crippen LogP contribution < -0.4 is 5.32 Å². The lowest BCUT2D eigenvalue weighted by atomic mass is 10.4. The number of carbonyl (C=O) groups is 1. The minimum atomic E-state index is -0.243. The van der Waals surface area contributed by atoms with Crippen LogP contribution in [0.25, 0.3) is 0 Å². The molecule has 0 aliphatic rings. The Morgan fingerprint density at radius 3 is 2.93 bits per heavy atom. The molecule has 1 amide bonds. The summed E-state index contributed by atoms with van der Waals surface area (Å²) in [7, 11) is 0. The van der Waals surface area contributed by atoms with Gasteiger partial charge in [-0.15, -0.1) is 20.4 Å². The van der Waals surface area contributed by atoms with Crippen molar-refractivity contribution in [3.8, 4) is 0 Å². The van der Waals surface area contributed by atoms with Gasteiger partial charge in [-0.25, -0.2) is 0 Å². The zero-order chi connectivity index (χ0) is 10.7. The molecule has 0 aliphatic carbocycles. The number of amides is 1. The number of nitrogens with zero attached hydrogens (tertiary/aromatic N) is 5. The van der Waals surface area contributed by atoms with Crippen molar-refractivity contribution in [3.05, 3.63) is 10.8 Å². The molecule has 0 radical (unpaired) electrons. The summed E-state index contributed by atoms with van der Waals surface area (Å²) in [5, 5.41) is 24.3. The van der Waals surface area contributed by atoms with Crippen molar-refractivity contribution in [2.45, 2.75) is 13.3 Å². The summed E-state index contributed by atoms with van der Waals surface area (Å²) in [5.41, 5.74) is 0. The highest BCUT2D eigenvalue weighted by atomic mass is 32.1. The molecule has 0 aromatic carbocycles. The Hall–Kier alpha value is -1.90. The van der Waals surface area contributed by atoms with Crippen LogP contribution in [0.2, 0.25) is 0 Å². The number of aryl methyl sites for hydroxylation is 1. The van der Waals surface area contributed by atoms with Crippen LogP contribution in [0.4, 0.5) is 5.13 Å². The van der Waals surface area contributed by atoms with Gasteiger partial charge in [0, 0.05) is 0 Å². The molecule has 0 unspecified atom stereocenters. The van der Waals surface area contributed by atoms with Gasteiger partial charge in [0.05, 0.1) is 6.42 Å². The van der Waals surface area contributed by atoms with E-state index in [-0.39, 0.29) is 12.3 Å². The van der Waals surface area contributed by atoms with Gasteiger partial charge in [0.25, 0.3) is 0 Å². The number of nitrogens with one attached hydrogen (secondary N) is 2. The predicted molar refractivity (Wildman–Crippen MR) is 51.2 cm³/mol. The van der Waals surface area contributed by atoms with E-state index in [1.807, 2.05) is 6.92 Å². The molecule has 0 atom stereocenters. The Morgan fingerprint density at radius 2 is 2.33 bits per heavy atom. The smallest absolute Gasteiger partial charge is 0.234 e. The van der Waals surface area contributed by atoms with Crippen molar-refractivity contribution in [1.82, 2.24) is 30.8 Å². The van der Waals surface area contributed by atoms with Crippen molar-refractivity contribution in [1.29, 1.82) is 0 Å². The molecule has 2 rings (SSSR count). The van der Waals surface area contributed by atoms with Gasteiger partial charge in [0.2, 0.25) is 11.0 Å². The average Bonchev–Trinajstić information content (AvgIpc) is 2.77. The largest absolute Gasteiger partial charge is 0.300 e. The molecule has 0 saturated carbocycles. The zero-order valence-electron chi connectivity index (χ0n) is 7.76. The lowest BCUT2D eigenvalue weighted by Crippen LogP contribution is -2.15. The van der Waals surface area contributed by atoms with Crippen LogP contribution in [0.1, 0.15) is 10.8 Å². The molecule has 78 valence electrons. The van der Waals surface area contributed by atoms with E-state index in [9.17, 15) is 4.79 Å². The molecular weight excluding hydrogens is 218 g/mol. The Balaban J connectivity index is 1.93. The molecule has 15 heavy (non-hydrogen) atoms. The topological polar surface area (TPSA) is 109 Å². The number of carbonyl (C=O) groups excluding carboxylic acids is 1. The van der Waals surface area contributed by atoms with Crippen molar-refractivity contribution in [2.24, 2.45) is 0 Å². The van der Waals surface area contributed by atoms with Gasteiger partial charge >= 0.3 is 0 Å². The summed E-state index contributed by atoms with van der Waals surface area (Å²) in [4.78, 5) is 11.4. The molecule has 0 fully saturated rings. The summed E-state index contributed by atoms with van der Waals surface area (Å²) in [6.07, 6.45) is 0.0646.